The van der Waals surface area contributed by atoms with E-state index in [2.05, 4.69) is 19.2 Å². The largest absolute Gasteiger partial charge is 0.377 e. The van der Waals surface area contributed by atoms with Crippen molar-refractivity contribution in [3.8, 4) is 0 Å². The Bertz CT molecular complexity index is 128. The van der Waals surface area contributed by atoms with Gasteiger partial charge in [-0.2, -0.15) is 0 Å². The van der Waals surface area contributed by atoms with Gasteiger partial charge in [0.25, 0.3) is 0 Å². The molecule has 0 bridgehead atoms. The van der Waals surface area contributed by atoms with E-state index in [-0.39, 0.29) is 5.60 Å². The first-order chi connectivity index (χ1) is 5.64. The average molecular weight is 171 g/mol. The molecule has 0 aromatic rings. The summed E-state index contributed by atoms with van der Waals surface area (Å²) in [6, 6.07) is 0.749. The molecule has 1 saturated carbocycles. The van der Waals surface area contributed by atoms with E-state index in [4.69, 9.17) is 4.74 Å². The maximum absolute atomic E-state index is 5.33. The molecule has 1 fully saturated rings. The third kappa shape index (κ3) is 3.11. The van der Waals surface area contributed by atoms with Gasteiger partial charge < -0.3 is 10.1 Å². The Morgan fingerprint density at radius 2 is 1.92 bits per heavy atom. The van der Waals surface area contributed by atoms with Crippen molar-refractivity contribution in [2.45, 2.75) is 51.2 Å². The fourth-order valence-electron chi connectivity index (χ4n) is 1.59. The predicted molar refractivity (Wildman–Crippen MR) is 51.3 cm³/mol. The van der Waals surface area contributed by atoms with Gasteiger partial charge in [-0.3, -0.25) is 0 Å². The smallest absolute Gasteiger partial charge is 0.0746 e. The molecule has 2 nitrogen and oxygen atoms in total. The molecule has 1 N–H and O–H groups in total. The van der Waals surface area contributed by atoms with Crippen LogP contribution in [0.4, 0.5) is 0 Å². The van der Waals surface area contributed by atoms with E-state index in [0.717, 1.165) is 12.6 Å². The van der Waals surface area contributed by atoms with Crippen LogP contribution in [-0.4, -0.2) is 25.3 Å². The highest BCUT2D eigenvalue weighted by Gasteiger charge is 2.20. The van der Waals surface area contributed by atoms with Gasteiger partial charge in [-0.25, -0.2) is 0 Å². The van der Waals surface area contributed by atoms with E-state index in [0.29, 0.717) is 0 Å². The van der Waals surface area contributed by atoms with Crippen molar-refractivity contribution in [2.75, 3.05) is 13.7 Å². The van der Waals surface area contributed by atoms with E-state index in [9.17, 15) is 0 Å². The lowest BCUT2D eigenvalue weighted by atomic mass is 10.1. The van der Waals surface area contributed by atoms with Crippen molar-refractivity contribution in [2.24, 2.45) is 0 Å². The molecule has 0 aromatic heterocycles. The molecule has 0 unspecified atom stereocenters. The van der Waals surface area contributed by atoms with Crippen LogP contribution in [0.2, 0.25) is 0 Å². The minimum absolute atomic E-state index is 0.0113. The van der Waals surface area contributed by atoms with Crippen molar-refractivity contribution < 1.29 is 4.74 Å². The highest BCUT2D eigenvalue weighted by molar-refractivity contribution is 4.78. The molecule has 1 aliphatic carbocycles. The van der Waals surface area contributed by atoms with Gasteiger partial charge in [-0.1, -0.05) is 12.8 Å². The van der Waals surface area contributed by atoms with Gasteiger partial charge in [0.1, 0.15) is 0 Å². The van der Waals surface area contributed by atoms with Crippen molar-refractivity contribution in [1.29, 1.82) is 0 Å². The van der Waals surface area contributed by atoms with Crippen LogP contribution in [0.15, 0.2) is 0 Å². The molecule has 0 amide bonds. The maximum atomic E-state index is 5.33. The summed E-state index contributed by atoms with van der Waals surface area (Å²) in [5.74, 6) is 0. The molecular formula is C10H21NO. The van der Waals surface area contributed by atoms with Gasteiger partial charge in [-0.15, -0.1) is 0 Å². The number of rotatable bonds is 4. The molecule has 2 heteroatoms. The Hall–Kier alpha value is -0.0800. The maximum Gasteiger partial charge on any atom is 0.0746 e. The number of nitrogens with one attached hydrogen (secondary N) is 1. The molecule has 0 atom stereocenters. The Balaban J connectivity index is 2.15. The third-order valence-electron chi connectivity index (χ3n) is 2.72. The first-order valence-electron chi connectivity index (χ1n) is 4.92. The van der Waals surface area contributed by atoms with Crippen molar-refractivity contribution >= 4 is 0 Å². The molecule has 0 aromatic carbocycles. The van der Waals surface area contributed by atoms with Gasteiger partial charge in [0.2, 0.25) is 0 Å². The predicted octanol–water partition coefficient (Wildman–Crippen LogP) is 1.94. The second-order valence-electron chi connectivity index (χ2n) is 4.33. The normalized spacial score (nSPS) is 20.2. The molecule has 0 aliphatic heterocycles. The summed E-state index contributed by atoms with van der Waals surface area (Å²) in [4.78, 5) is 0. The number of ether oxygens (including phenoxy) is 1. The van der Waals surface area contributed by atoms with Crippen molar-refractivity contribution in [3.05, 3.63) is 0 Å². The highest BCUT2D eigenvalue weighted by Crippen LogP contribution is 2.18. The summed E-state index contributed by atoms with van der Waals surface area (Å²) in [5.41, 5.74) is -0.0113. The quantitative estimate of drug-likeness (QED) is 0.698. The summed E-state index contributed by atoms with van der Waals surface area (Å²) >= 11 is 0. The zero-order chi connectivity index (χ0) is 9.03. The fourth-order valence-corrected chi connectivity index (χ4v) is 1.59. The molecule has 1 aliphatic rings. The monoisotopic (exact) mass is 171 g/mol. The minimum Gasteiger partial charge on any atom is -0.377 e. The van der Waals surface area contributed by atoms with Crippen molar-refractivity contribution in [3.63, 3.8) is 0 Å². The second kappa shape index (κ2) is 4.24. The topological polar surface area (TPSA) is 21.3 Å². The zero-order valence-electron chi connectivity index (χ0n) is 8.52. The highest BCUT2D eigenvalue weighted by atomic mass is 16.5. The molecule has 1 rings (SSSR count). The lowest BCUT2D eigenvalue weighted by molar-refractivity contribution is 0.0212. The summed E-state index contributed by atoms with van der Waals surface area (Å²) in [6.07, 6.45) is 5.48. The number of hydrogen-bond donors (Lipinski definition) is 1. The van der Waals surface area contributed by atoms with Crippen molar-refractivity contribution in [1.82, 2.24) is 5.32 Å². The molecule has 0 radical (unpaired) electrons. The Labute approximate surface area is 75.7 Å². The molecule has 72 valence electrons. The van der Waals surface area contributed by atoms with Gasteiger partial charge >= 0.3 is 0 Å². The second-order valence-corrected chi connectivity index (χ2v) is 4.33. The van der Waals surface area contributed by atoms with E-state index in [1.165, 1.54) is 25.7 Å². The van der Waals surface area contributed by atoms with Gasteiger partial charge in [-0.05, 0) is 26.7 Å². The van der Waals surface area contributed by atoms with E-state index in [1.54, 1.807) is 7.11 Å². The molecule has 0 spiro atoms. The van der Waals surface area contributed by atoms with E-state index < -0.39 is 0 Å². The van der Waals surface area contributed by atoms with Gasteiger partial charge in [0.05, 0.1) is 5.60 Å². The summed E-state index contributed by atoms with van der Waals surface area (Å²) < 4.78 is 5.33. The van der Waals surface area contributed by atoms with Crippen LogP contribution in [0.3, 0.4) is 0 Å². The Morgan fingerprint density at radius 1 is 1.33 bits per heavy atom. The third-order valence-corrected chi connectivity index (χ3v) is 2.72. The van der Waals surface area contributed by atoms with E-state index in [1.807, 2.05) is 0 Å². The number of hydrogen-bond acceptors (Lipinski definition) is 2. The first-order valence-corrected chi connectivity index (χ1v) is 4.92. The summed E-state index contributed by atoms with van der Waals surface area (Å²) in [5, 5.41) is 3.55. The van der Waals surface area contributed by atoms with Crippen LogP contribution >= 0.6 is 0 Å². The van der Waals surface area contributed by atoms with Crippen LogP contribution < -0.4 is 5.32 Å². The minimum atomic E-state index is -0.0113. The SMILES string of the molecule is COC(C)(C)CNC1CCCC1. The Kier molecular flexibility index (Phi) is 3.53. The molecule has 0 heterocycles. The first kappa shape index (κ1) is 10.0. The summed E-state index contributed by atoms with van der Waals surface area (Å²) in [6.45, 7) is 5.21. The van der Waals surface area contributed by atoms with Gasteiger partial charge in [0.15, 0.2) is 0 Å². The molecular weight excluding hydrogens is 150 g/mol. The lowest BCUT2D eigenvalue weighted by Gasteiger charge is -2.25. The molecule has 0 saturated heterocycles. The average Bonchev–Trinajstić information content (AvgIpc) is 2.53. The zero-order valence-corrected chi connectivity index (χ0v) is 8.52. The van der Waals surface area contributed by atoms with Crippen LogP contribution in [0.5, 0.6) is 0 Å². The van der Waals surface area contributed by atoms with Gasteiger partial charge in [0, 0.05) is 19.7 Å². The lowest BCUT2D eigenvalue weighted by Crippen LogP contribution is -2.40. The number of methoxy groups -OCH3 is 1. The van der Waals surface area contributed by atoms with E-state index >= 15 is 0 Å². The summed E-state index contributed by atoms with van der Waals surface area (Å²) in [7, 11) is 1.77. The van der Waals surface area contributed by atoms with Crippen LogP contribution in [0.1, 0.15) is 39.5 Å². The van der Waals surface area contributed by atoms with Crippen LogP contribution in [0, 0.1) is 0 Å². The Morgan fingerprint density at radius 3 is 2.42 bits per heavy atom. The fraction of sp³-hybridized carbons (Fsp3) is 1.00. The van der Waals surface area contributed by atoms with Crippen LogP contribution in [-0.2, 0) is 4.74 Å². The van der Waals surface area contributed by atoms with Crippen LogP contribution in [0.25, 0.3) is 0 Å². The standard InChI is InChI=1S/C10H21NO/c1-10(2,12-3)8-11-9-6-4-5-7-9/h9,11H,4-8H2,1-3H3. The molecule has 12 heavy (non-hydrogen) atoms.